The Balaban J connectivity index is 1.83. The van der Waals surface area contributed by atoms with Gasteiger partial charge in [0, 0.05) is 4.88 Å². The second-order valence-corrected chi connectivity index (χ2v) is 8.97. The predicted octanol–water partition coefficient (Wildman–Crippen LogP) is 3.92. The fourth-order valence-electron chi connectivity index (χ4n) is 3.19. The van der Waals surface area contributed by atoms with Crippen LogP contribution < -0.4 is 10.9 Å². The summed E-state index contributed by atoms with van der Waals surface area (Å²) >= 11 is 1.67. The summed E-state index contributed by atoms with van der Waals surface area (Å²) in [5.41, 5.74) is 0.229. The number of rotatable bonds is 2. The van der Waals surface area contributed by atoms with Crippen LogP contribution in [0.2, 0.25) is 0 Å². The summed E-state index contributed by atoms with van der Waals surface area (Å²) in [7, 11) is 0. The van der Waals surface area contributed by atoms with E-state index in [1.165, 1.54) is 35.6 Å². The van der Waals surface area contributed by atoms with Crippen molar-refractivity contribution < 1.29 is 18.0 Å². The molecule has 1 aliphatic heterocycles. The number of thiophene rings is 1. The lowest BCUT2D eigenvalue weighted by Crippen LogP contribution is -2.49. The first kappa shape index (κ1) is 19.0. The van der Waals surface area contributed by atoms with Crippen LogP contribution in [-0.2, 0) is 9.67 Å². The Morgan fingerprint density at radius 3 is 2.46 bits per heavy atom. The van der Waals surface area contributed by atoms with Crippen molar-refractivity contribution in [3.05, 3.63) is 62.5 Å². The van der Waals surface area contributed by atoms with Crippen LogP contribution in [0.25, 0.3) is 10.2 Å². The summed E-state index contributed by atoms with van der Waals surface area (Å²) in [6, 6.07) is 7.18. The van der Waals surface area contributed by atoms with Crippen LogP contribution in [0.4, 0.5) is 13.2 Å². The lowest BCUT2D eigenvalue weighted by molar-refractivity contribution is -0.171. The van der Waals surface area contributed by atoms with Crippen molar-refractivity contribution in [2.75, 3.05) is 0 Å². The molecule has 0 spiro atoms. The topological polar surface area (TPSA) is 74.8 Å². The second-order valence-electron chi connectivity index (χ2n) is 6.45. The van der Waals surface area contributed by atoms with Crippen molar-refractivity contribution in [1.29, 1.82) is 0 Å². The highest BCUT2D eigenvalue weighted by Gasteiger charge is 2.64. The number of benzene rings is 1. The first-order chi connectivity index (χ1) is 13.1. The number of aromatic nitrogens is 2. The fraction of sp³-hybridized carbons (Fsp3) is 0.278. The van der Waals surface area contributed by atoms with Crippen LogP contribution in [0.1, 0.15) is 27.1 Å². The van der Waals surface area contributed by atoms with Gasteiger partial charge >= 0.3 is 6.18 Å². The molecule has 1 aliphatic rings. The van der Waals surface area contributed by atoms with E-state index in [1.807, 2.05) is 6.92 Å². The van der Waals surface area contributed by atoms with E-state index < -0.39 is 27.8 Å². The molecule has 0 radical (unpaired) electrons. The number of aryl methyl sites for hydroxylation is 2. The van der Waals surface area contributed by atoms with Gasteiger partial charge in [0.15, 0.2) is 0 Å². The number of carbonyl (C=O) groups excluding carboxylic acids is 1. The molecular weight excluding hydrogens is 411 g/mol. The molecular formula is C18H14F3N3O2S2. The van der Waals surface area contributed by atoms with Gasteiger partial charge < -0.3 is 10.3 Å². The number of nitrogens with zero attached hydrogens (tertiary/aromatic N) is 1. The maximum absolute atomic E-state index is 14.0. The first-order valence-corrected chi connectivity index (χ1v) is 9.95. The highest BCUT2D eigenvalue weighted by Crippen LogP contribution is 2.56. The third-order valence-corrected chi connectivity index (χ3v) is 7.41. The molecule has 146 valence electrons. The summed E-state index contributed by atoms with van der Waals surface area (Å²) < 4.78 is 42.1. The van der Waals surface area contributed by atoms with E-state index in [1.54, 1.807) is 13.0 Å². The Hall–Kier alpha value is -2.33. The van der Waals surface area contributed by atoms with Crippen molar-refractivity contribution in [3.8, 4) is 0 Å². The Labute approximate surface area is 165 Å². The van der Waals surface area contributed by atoms with Crippen molar-refractivity contribution in [3.63, 3.8) is 0 Å². The molecule has 0 bridgehead atoms. The van der Waals surface area contributed by atoms with Gasteiger partial charge in [-0.25, -0.2) is 4.98 Å². The maximum atomic E-state index is 14.0. The fourth-order valence-corrected chi connectivity index (χ4v) is 5.53. The second kappa shape index (κ2) is 6.35. The molecule has 0 unspecified atom stereocenters. The summed E-state index contributed by atoms with van der Waals surface area (Å²) in [5, 5.41) is 1.21. The average molecular weight is 425 g/mol. The number of fused-ring (bicyclic) bond motifs is 1. The minimum absolute atomic E-state index is 0.0803. The van der Waals surface area contributed by atoms with Gasteiger partial charge in [0.25, 0.3) is 5.56 Å². The highest BCUT2D eigenvalue weighted by molar-refractivity contribution is 8.01. The van der Waals surface area contributed by atoms with Crippen LogP contribution in [0.5, 0.6) is 0 Å². The summed E-state index contributed by atoms with van der Waals surface area (Å²) in [6.45, 7) is 3.62. The lowest BCUT2D eigenvalue weighted by atomic mass is 10.1. The van der Waals surface area contributed by atoms with Crippen molar-refractivity contribution in [2.24, 2.45) is 0 Å². The third-order valence-electron chi connectivity index (χ3n) is 4.72. The number of nitrogens with one attached hydrogen (secondary N) is 2. The molecule has 2 N–H and O–H groups in total. The van der Waals surface area contributed by atoms with Gasteiger partial charge in [-0.15, -0.1) is 11.3 Å². The van der Waals surface area contributed by atoms with Crippen LogP contribution in [-0.4, -0.2) is 22.1 Å². The molecule has 1 fully saturated rings. The van der Waals surface area contributed by atoms with Crippen LogP contribution >= 0.6 is 23.1 Å². The van der Waals surface area contributed by atoms with E-state index in [0.29, 0.717) is 22.0 Å². The molecule has 2 aromatic heterocycles. The molecule has 3 aromatic rings. The Bertz CT molecular complexity index is 1140. The number of amides is 1. The average Bonchev–Trinajstić information content (AvgIpc) is 3.13. The molecule has 0 aliphatic carbocycles. The Morgan fingerprint density at radius 2 is 1.82 bits per heavy atom. The minimum atomic E-state index is -4.75. The SMILES string of the molecule is Cc1sc2nc([C@@H]3S[C@](c4ccccc4)(C(F)(F)F)NC3=O)[nH]c(=O)c2c1C. The minimum Gasteiger partial charge on any atom is -0.329 e. The number of alkyl halides is 3. The smallest absolute Gasteiger partial charge is 0.329 e. The Morgan fingerprint density at radius 1 is 1.14 bits per heavy atom. The van der Waals surface area contributed by atoms with Gasteiger partial charge in [0.1, 0.15) is 15.9 Å². The molecule has 3 heterocycles. The number of aromatic amines is 1. The van der Waals surface area contributed by atoms with Gasteiger partial charge in [0.05, 0.1) is 5.39 Å². The predicted molar refractivity (Wildman–Crippen MR) is 102 cm³/mol. The molecule has 0 saturated carbocycles. The van der Waals surface area contributed by atoms with Crippen molar-refractivity contribution >= 4 is 39.2 Å². The monoisotopic (exact) mass is 425 g/mol. The van der Waals surface area contributed by atoms with Crippen LogP contribution in [0.3, 0.4) is 0 Å². The number of carbonyl (C=O) groups is 1. The van der Waals surface area contributed by atoms with E-state index >= 15 is 0 Å². The van der Waals surface area contributed by atoms with Gasteiger partial charge in [-0.05, 0) is 25.0 Å². The van der Waals surface area contributed by atoms with E-state index in [4.69, 9.17) is 0 Å². The molecule has 5 nitrogen and oxygen atoms in total. The number of hydrogen-bond donors (Lipinski definition) is 2. The highest BCUT2D eigenvalue weighted by atomic mass is 32.2. The Kier molecular flexibility index (Phi) is 4.31. The summed E-state index contributed by atoms with van der Waals surface area (Å²) in [4.78, 5) is 30.5. The first-order valence-electron chi connectivity index (χ1n) is 8.26. The number of thioether (sulfide) groups is 1. The van der Waals surface area contributed by atoms with Gasteiger partial charge in [-0.3, -0.25) is 9.59 Å². The number of hydrogen-bond acceptors (Lipinski definition) is 5. The van der Waals surface area contributed by atoms with E-state index in [0.717, 1.165) is 10.4 Å². The zero-order valence-corrected chi connectivity index (χ0v) is 16.3. The maximum Gasteiger partial charge on any atom is 0.425 e. The summed E-state index contributed by atoms with van der Waals surface area (Å²) in [5.74, 6) is -0.929. The standard InChI is InChI=1S/C18H14F3N3O2S2/c1-8-9(2)27-16-11(8)14(25)22-13(23-16)12-15(26)24-17(28-12,18(19,20)21)10-6-4-3-5-7-10/h3-7,12H,1-2H3,(H,24,26)(H,22,23,25)/t12-,17+/m0/s1. The largest absolute Gasteiger partial charge is 0.425 e. The van der Waals surface area contributed by atoms with E-state index in [-0.39, 0.29) is 11.4 Å². The van der Waals surface area contributed by atoms with E-state index in [2.05, 4.69) is 15.3 Å². The van der Waals surface area contributed by atoms with Crippen LogP contribution in [0, 0.1) is 13.8 Å². The molecule has 4 rings (SSSR count). The van der Waals surface area contributed by atoms with Gasteiger partial charge in [-0.2, -0.15) is 13.2 Å². The van der Waals surface area contributed by atoms with Crippen molar-refractivity contribution in [2.45, 2.75) is 30.1 Å². The quantitative estimate of drug-likeness (QED) is 0.653. The zero-order chi connectivity index (χ0) is 20.3. The molecule has 1 saturated heterocycles. The van der Waals surface area contributed by atoms with E-state index in [9.17, 15) is 22.8 Å². The van der Waals surface area contributed by atoms with Crippen LogP contribution in [0.15, 0.2) is 35.1 Å². The molecule has 2 atom stereocenters. The van der Waals surface area contributed by atoms with Crippen molar-refractivity contribution in [1.82, 2.24) is 15.3 Å². The third kappa shape index (κ3) is 2.74. The van der Waals surface area contributed by atoms with Gasteiger partial charge in [0.2, 0.25) is 10.8 Å². The zero-order valence-electron chi connectivity index (χ0n) is 14.7. The molecule has 10 heteroatoms. The normalized spacial score (nSPS) is 22.6. The van der Waals surface area contributed by atoms with Gasteiger partial charge in [-0.1, -0.05) is 42.1 Å². The summed E-state index contributed by atoms with van der Waals surface area (Å²) in [6.07, 6.45) is -4.75. The lowest BCUT2D eigenvalue weighted by Gasteiger charge is -2.31. The molecule has 1 aromatic carbocycles. The number of halogens is 3. The number of H-pyrrole nitrogens is 1. The molecule has 1 amide bonds. The molecule has 28 heavy (non-hydrogen) atoms.